The van der Waals surface area contributed by atoms with E-state index in [0.717, 1.165) is 11.1 Å². The Labute approximate surface area is 99.6 Å². The van der Waals surface area contributed by atoms with E-state index < -0.39 is 0 Å². The summed E-state index contributed by atoms with van der Waals surface area (Å²) >= 11 is 0. The first kappa shape index (κ1) is 11.3. The van der Waals surface area contributed by atoms with E-state index in [0.29, 0.717) is 11.1 Å². The molecule has 0 bridgehead atoms. The van der Waals surface area contributed by atoms with E-state index in [2.05, 4.69) is 0 Å². The maximum absolute atomic E-state index is 10.1. The van der Waals surface area contributed by atoms with Crippen LogP contribution in [0.1, 0.15) is 11.1 Å². The molecule has 0 radical (unpaired) electrons. The average Bonchev–Trinajstić information content (AvgIpc) is 2.31. The summed E-state index contributed by atoms with van der Waals surface area (Å²) in [6.07, 6.45) is 0. The van der Waals surface area contributed by atoms with E-state index in [9.17, 15) is 15.3 Å². The molecule has 0 atom stereocenters. The van der Waals surface area contributed by atoms with Crippen LogP contribution in [0.5, 0.6) is 17.2 Å². The van der Waals surface area contributed by atoms with Gasteiger partial charge in [-0.25, -0.2) is 0 Å². The Bertz CT molecular complexity index is 574. The summed E-state index contributed by atoms with van der Waals surface area (Å²) in [5, 5.41) is 29.3. The number of benzene rings is 2. The third-order valence-electron chi connectivity index (χ3n) is 3.01. The number of aromatic hydroxyl groups is 3. The number of aryl methyl sites for hydroxylation is 1. The van der Waals surface area contributed by atoms with E-state index >= 15 is 0 Å². The maximum Gasteiger partial charge on any atom is 0.165 e. The molecule has 3 heteroatoms. The van der Waals surface area contributed by atoms with Crippen molar-refractivity contribution in [2.75, 3.05) is 0 Å². The first-order chi connectivity index (χ1) is 8.02. The van der Waals surface area contributed by atoms with Crippen LogP contribution in [0.25, 0.3) is 11.1 Å². The van der Waals surface area contributed by atoms with Gasteiger partial charge in [-0.3, -0.25) is 0 Å². The predicted octanol–water partition coefficient (Wildman–Crippen LogP) is 3.09. The first-order valence-corrected chi connectivity index (χ1v) is 5.33. The van der Waals surface area contributed by atoms with E-state index in [4.69, 9.17) is 0 Å². The molecule has 0 spiro atoms. The van der Waals surface area contributed by atoms with Crippen LogP contribution in [0.3, 0.4) is 0 Å². The molecule has 0 aliphatic heterocycles. The van der Waals surface area contributed by atoms with Gasteiger partial charge in [-0.1, -0.05) is 24.3 Å². The van der Waals surface area contributed by atoms with Crippen molar-refractivity contribution in [3.63, 3.8) is 0 Å². The minimum atomic E-state index is -0.217. The quantitative estimate of drug-likeness (QED) is 0.660. The van der Waals surface area contributed by atoms with Crippen molar-refractivity contribution >= 4 is 0 Å². The summed E-state index contributed by atoms with van der Waals surface area (Å²) in [5.41, 5.74) is 2.68. The van der Waals surface area contributed by atoms with Gasteiger partial charge < -0.3 is 15.3 Å². The molecule has 0 aliphatic carbocycles. The Morgan fingerprint density at radius 1 is 0.765 bits per heavy atom. The molecule has 2 aromatic carbocycles. The van der Waals surface area contributed by atoms with Crippen molar-refractivity contribution < 1.29 is 15.3 Å². The standard InChI is InChI=1S/C14H14O3/c1-8-6-7-11(13(16)9(8)2)10-4-3-5-12(15)14(10)17/h3-7,15-17H,1-2H3. The van der Waals surface area contributed by atoms with Crippen molar-refractivity contribution in [3.8, 4) is 28.4 Å². The van der Waals surface area contributed by atoms with E-state index in [1.54, 1.807) is 18.2 Å². The minimum Gasteiger partial charge on any atom is -0.507 e. The smallest absolute Gasteiger partial charge is 0.165 e. The number of hydrogen-bond acceptors (Lipinski definition) is 3. The molecule has 0 saturated carbocycles. The van der Waals surface area contributed by atoms with Gasteiger partial charge in [-0.05, 0) is 31.0 Å². The summed E-state index contributed by atoms with van der Waals surface area (Å²) in [7, 11) is 0. The Hall–Kier alpha value is -2.16. The molecule has 0 amide bonds. The molecule has 2 rings (SSSR count). The van der Waals surface area contributed by atoms with Crippen LogP contribution < -0.4 is 0 Å². The summed E-state index contributed by atoms with van der Waals surface area (Å²) in [6, 6.07) is 8.27. The third kappa shape index (κ3) is 1.80. The lowest BCUT2D eigenvalue weighted by molar-refractivity contribution is 0.404. The summed E-state index contributed by atoms with van der Waals surface area (Å²) < 4.78 is 0. The number of para-hydroxylation sites is 1. The highest BCUT2D eigenvalue weighted by Crippen LogP contribution is 2.41. The van der Waals surface area contributed by atoms with Gasteiger partial charge in [0.25, 0.3) is 0 Å². The summed E-state index contributed by atoms with van der Waals surface area (Å²) in [6.45, 7) is 3.72. The second-order valence-corrected chi connectivity index (χ2v) is 4.08. The van der Waals surface area contributed by atoms with E-state index in [-0.39, 0.29) is 17.2 Å². The van der Waals surface area contributed by atoms with Crippen molar-refractivity contribution in [2.24, 2.45) is 0 Å². The molecule has 3 N–H and O–H groups in total. The largest absolute Gasteiger partial charge is 0.507 e. The molecule has 0 fully saturated rings. The number of phenolic OH excluding ortho intramolecular Hbond substituents is 3. The fourth-order valence-electron chi connectivity index (χ4n) is 1.77. The highest BCUT2D eigenvalue weighted by Gasteiger charge is 2.13. The molecule has 0 aromatic heterocycles. The zero-order valence-corrected chi connectivity index (χ0v) is 9.73. The average molecular weight is 230 g/mol. The molecule has 2 aromatic rings. The number of phenols is 3. The Morgan fingerprint density at radius 2 is 1.41 bits per heavy atom. The van der Waals surface area contributed by atoms with Crippen molar-refractivity contribution in [1.82, 2.24) is 0 Å². The molecule has 0 unspecified atom stereocenters. The number of hydrogen-bond donors (Lipinski definition) is 3. The Kier molecular flexibility index (Phi) is 2.68. The minimum absolute atomic E-state index is 0.130. The summed E-state index contributed by atoms with van der Waals surface area (Å²) in [5.74, 6) is -0.280. The monoisotopic (exact) mass is 230 g/mol. The predicted molar refractivity (Wildman–Crippen MR) is 66.3 cm³/mol. The van der Waals surface area contributed by atoms with Crippen LogP contribution in [0.15, 0.2) is 30.3 Å². The van der Waals surface area contributed by atoms with Gasteiger partial charge >= 0.3 is 0 Å². The first-order valence-electron chi connectivity index (χ1n) is 5.33. The number of rotatable bonds is 1. The van der Waals surface area contributed by atoms with Crippen LogP contribution in [0.2, 0.25) is 0 Å². The lowest BCUT2D eigenvalue weighted by Crippen LogP contribution is -1.87. The van der Waals surface area contributed by atoms with Crippen molar-refractivity contribution in [3.05, 3.63) is 41.5 Å². The third-order valence-corrected chi connectivity index (χ3v) is 3.01. The van der Waals surface area contributed by atoms with Crippen molar-refractivity contribution in [2.45, 2.75) is 13.8 Å². The van der Waals surface area contributed by atoms with Gasteiger partial charge in [-0.15, -0.1) is 0 Å². The van der Waals surface area contributed by atoms with Crippen LogP contribution in [0.4, 0.5) is 0 Å². The molecule has 0 aliphatic rings. The van der Waals surface area contributed by atoms with Crippen LogP contribution >= 0.6 is 0 Å². The molecule has 3 nitrogen and oxygen atoms in total. The SMILES string of the molecule is Cc1ccc(-c2cccc(O)c2O)c(O)c1C. The second kappa shape index (κ2) is 4.01. The van der Waals surface area contributed by atoms with E-state index in [1.807, 2.05) is 19.9 Å². The van der Waals surface area contributed by atoms with Crippen molar-refractivity contribution in [1.29, 1.82) is 0 Å². The lowest BCUT2D eigenvalue weighted by atomic mass is 9.98. The molecule has 0 saturated heterocycles. The molecular formula is C14H14O3. The summed E-state index contributed by atoms with van der Waals surface area (Å²) in [4.78, 5) is 0. The highest BCUT2D eigenvalue weighted by molar-refractivity contribution is 5.78. The van der Waals surface area contributed by atoms with Gasteiger partial charge in [0.15, 0.2) is 11.5 Å². The topological polar surface area (TPSA) is 60.7 Å². The molecule has 0 heterocycles. The van der Waals surface area contributed by atoms with Gasteiger partial charge in [0, 0.05) is 11.1 Å². The Morgan fingerprint density at radius 3 is 2.12 bits per heavy atom. The Balaban J connectivity index is 2.69. The van der Waals surface area contributed by atoms with Gasteiger partial charge in [0.1, 0.15) is 5.75 Å². The molecule has 17 heavy (non-hydrogen) atoms. The van der Waals surface area contributed by atoms with E-state index in [1.165, 1.54) is 6.07 Å². The second-order valence-electron chi connectivity index (χ2n) is 4.08. The maximum atomic E-state index is 10.1. The molecular weight excluding hydrogens is 216 g/mol. The lowest BCUT2D eigenvalue weighted by Gasteiger charge is -2.11. The fourth-order valence-corrected chi connectivity index (χ4v) is 1.77. The fraction of sp³-hybridized carbons (Fsp3) is 0.143. The zero-order valence-electron chi connectivity index (χ0n) is 9.73. The van der Waals surface area contributed by atoms with Gasteiger partial charge in [0.2, 0.25) is 0 Å². The molecule has 88 valence electrons. The van der Waals surface area contributed by atoms with Crippen LogP contribution in [0, 0.1) is 13.8 Å². The van der Waals surface area contributed by atoms with Crippen LogP contribution in [-0.4, -0.2) is 15.3 Å². The normalized spacial score (nSPS) is 10.5. The highest BCUT2D eigenvalue weighted by atomic mass is 16.3. The van der Waals surface area contributed by atoms with Gasteiger partial charge in [0.05, 0.1) is 0 Å². The van der Waals surface area contributed by atoms with Crippen LogP contribution in [-0.2, 0) is 0 Å². The van der Waals surface area contributed by atoms with Gasteiger partial charge in [-0.2, -0.15) is 0 Å². The zero-order chi connectivity index (χ0) is 12.6.